The number of ether oxygens (including phenoxy) is 1. The molecule has 1 atom stereocenters. The molecule has 5 nitrogen and oxygen atoms in total. The molecule has 2 aliphatic rings. The van der Waals surface area contributed by atoms with E-state index >= 15 is 0 Å². The number of hydrogen-bond donors (Lipinski definition) is 2. The monoisotopic (exact) mass is 452 g/mol. The molecule has 0 aromatic rings. The summed E-state index contributed by atoms with van der Waals surface area (Å²) < 4.78 is 5.27. The normalized spacial score (nSPS) is 24.0. The molecule has 142 valence electrons. The summed E-state index contributed by atoms with van der Waals surface area (Å²) in [6, 6.07) is 0.729. The van der Waals surface area contributed by atoms with Crippen LogP contribution >= 0.6 is 24.0 Å². The summed E-state index contributed by atoms with van der Waals surface area (Å²) in [5.74, 6) is 0.943. The van der Waals surface area contributed by atoms with Crippen LogP contribution in [-0.2, 0) is 4.74 Å². The molecule has 2 fully saturated rings. The number of nitrogens with zero attached hydrogens (tertiary/aromatic N) is 2. The first-order chi connectivity index (χ1) is 11.2. The number of guanidine groups is 1. The van der Waals surface area contributed by atoms with E-state index in [1.54, 1.807) is 7.11 Å². The highest BCUT2D eigenvalue weighted by Crippen LogP contribution is 2.43. The van der Waals surface area contributed by atoms with Crippen molar-refractivity contribution in [2.45, 2.75) is 57.9 Å². The maximum absolute atomic E-state index is 5.27. The molecule has 1 saturated heterocycles. The van der Waals surface area contributed by atoms with E-state index in [1.807, 2.05) is 7.05 Å². The van der Waals surface area contributed by atoms with Gasteiger partial charge in [0.2, 0.25) is 0 Å². The highest BCUT2D eigenvalue weighted by molar-refractivity contribution is 14.0. The highest BCUT2D eigenvalue weighted by atomic mass is 127. The largest absolute Gasteiger partial charge is 0.385 e. The van der Waals surface area contributed by atoms with E-state index in [4.69, 9.17) is 4.74 Å². The molecule has 1 aliphatic heterocycles. The fourth-order valence-electron chi connectivity index (χ4n) is 3.81. The van der Waals surface area contributed by atoms with Gasteiger partial charge in [-0.2, -0.15) is 0 Å². The number of hydrogen-bond acceptors (Lipinski definition) is 3. The molecule has 2 N–H and O–H groups in total. The van der Waals surface area contributed by atoms with E-state index in [0.717, 1.165) is 44.7 Å². The second-order valence-corrected chi connectivity index (χ2v) is 7.33. The van der Waals surface area contributed by atoms with Gasteiger partial charge in [0.05, 0.1) is 0 Å². The minimum atomic E-state index is 0. The van der Waals surface area contributed by atoms with E-state index in [2.05, 4.69) is 27.4 Å². The first-order valence-corrected chi connectivity index (χ1v) is 9.37. The number of piperidine rings is 1. The number of likely N-dealkylation sites (tertiary alicyclic amines) is 1. The van der Waals surface area contributed by atoms with Gasteiger partial charge in [0.15, 0.2) is 5.96 Å². The quantitative estimate of drug-likeness (QED) is 0.338. The lowest BCUT2D eigenvalue weighted by molar-refractivity contribution is 0.0732. The topological polar surface area (TPSA) is 48.9 Å². The smallest absolute Gasteiger partial charge is 0.191 e. The summed E-state index contributed by atoms with van der Waals surface area (Å²) in [6.07, 6.45) is 9.20. The summed E-state index contributed by atoms with van der Waals surface area (Å²) in [7, 11) is 3.66. The third kappa shape index (κ3) is 6.67. The number of methoxy groups -OCH3 is 1. The Morgan fingerprint density at radius 3 is 2.62 bits per heavy atom. The standard InChI is InChI=1S/C18H36N4O.HI/c1-16-7-4-5-12-22(16)13-11-20-17(19-2)21-15-18(8-6-9-18)10-14-23-3;/h16H,4-15H2,1-3H3,(H2,19,20,21);1H. The fourth-order valence-corrected chi connectivity index (χ4v) is 3.81. The Hall–Kier alpha value is -0.0800. The van der Waals surface area contributed by atoms with Gasteiger partial charge in [-0.15, -0.1) is 24.0 Å². The first-order valence-electron chi connectivity index (χ1n) is 9.37. The summed E-state index contributed by atoms with van der Waals surface area (Å²) in [5.41, 5.74) is 0.426. The molecule has 0 spiro atoms. The molecule has 0 aromatic carbocycles. The minimum absolute atomic E-state index is 0. The Kier molecular flexibility index (Phi) is 10.5. The van der Waals surface area contributed by atoms with Gasteiger partial charge in [-0.05, 0) is 51.0 Å². The minimum Gasteiger partial charge on any atom is -0.385 e. The molecule has 6 heteroatoms. The van der Waals surface area contributed by atoms with Crippen molar-refractivity contribution in [3.8, 4) is 0 Å². The molecule has 24 heavy (non-hydrogen) atoms. The molecule has 0 amide bonds. The zero-order chi connectivity index (χ0) is 16.5. The Balaban J connectivity index is 0.00000288. The summed E-state index contributed by atoms with van der Waals surface area (Å²) in [6.45, 7) is 7.54. The van der Waals surface area contributed by atoms with Crippen LogP contribution in [0.4, 0.5) is 0 Å². The van der Waals surface area contributed by atoms with Gasteiger partial charge in [0, 0.05) is 46.4 Å². The van der Waals surface area contributed by atoms with Crippen LogP contribution in [0.2, 0.25) is 0 Å². The Labute approximate surface area is 165 Å². The lowest BCUT2D eigenvalue weighted by Crippen LogP contribution is -2.49. The number of nitrogens with one attached hydrogen (secondary N) is 2. The predicted octanol–water partition coefficient (Wildman–Crippen LogP) is 2.85. The van der Waals surface area contributed by atoms with Crippen molar-refractivity contribution >= 4 is 29.9 Å². The summed E-state index contributed by atoms with van der Waals surface area (Å²) in [4.78, 5) is 6.97. The molecular weight excluding hydrogens is 415 g/mol. The SMILES string of the molecule is CN=C(NCCN1CCCCC1C)NCC1(CCOC)CCC1.I. The Morgan fingerprint density at radius 1 is 1.25 bits per heavy atom. The van der Waals surface area contributed by atoms with Crippen LogP contribution in [0.25, 0.3) is 0 Å². The van der Waals surface area contributed by atoms with Gasteiger partial charge in [-0.3, -0.25) is 9.89 Å². The average molecular weight is 452 g/mol. The van der Waals surface area contributed by atoms with E-state index in [-0.39, 0.29) is 24.0 Å². The first kappa shape index (κ1) is 22.0. The number of rotatable bonds is 8. The lowest BCUT2D eigenvalue weighted by atomic mass is 9.67. The third-order valence-corrected chi connectivity index (χ3v) is 5.74. The Bertz CT molecular complexity index is 374. The second kappa shape index (κ2) is 11.5. The summed E-state index contributed by atoms with van der Waals surface area (Å²) in [5, 5.41) is 7.01. The van der Waals surface area contributed by atoms with E-state index in [9.17, 15) is 0 Å². The van der Waals surface area contributed by atoms with Crippen molar-refractivity contribution in [2.75, 3.05) is 46.9 Å². The van der Waals surface area contributed by atoms with Crippen molar-refractivity contribution < 1.29 is 4.74 Å². The van der Waals surface area contributed by atoms with Gasteiger partial charge >= 0.3 is 0 Å². The van der Waals surface area contributed by atoms with Gasteiger partial charge < -0.3 is 15.4 Å². The van der Waals surface area contributed by atoms with Gasteiger partial charge in [0.25, 0.3) is 0 Å². The number of halogens is 1. The van der Waals surface area contributed by atoms with Crippen molar-refractivity contribution in [1.82, 2.24) is 15.5 Å². The van der Waals surface area contributed by atoms with Crippen LogP contribution in [0.1, 0.15) is 51.9 Å². The van der Waals surface area contributed by atoms with Gasteiger partial charge in [-0.1, -0.05) is 12.8 Å². The average Bonchev–Trinajstić information content (AvgIpc) is 2.53. The van der Waals surface area contributed by atoms with Crippen molar-refractivity contribution in [1.29, 1.82) is 0 Å². The Morgan fingerprint density at radius 2 is 2.04 bits per heavy atom. The molecule has 1 saturated carbocycles. The van der Waals surface area contributed by atoms with Gasteiger partial charge in [0.1, 0.15) is 0 Å². The molecule has 1 heterocycles. The molecule has 0 radical (unpaired) electrons. The van der Waals surface area contributed by atoms with Crippen LogP contribution in [0.15, 0.2) is 4.99 Å². The van der Waals surface area contributed by atoms with Gasteiger partial charge in [-0.25, -0.2) is 0 Å². The van der Waals surface area contributed by atoms with Crippen LogP contribution in [0.3, 0.4) is 0 Å². The second-order valence-electron chi connectivity index (χ2n) is 7.33. The summed E-state index contributed by atoms with van der Waals surface area (Å²) >= 11 is 0. The maximum Gasteiger partial charge on any atom is 0.191 e. The van der Waals surface area contributed by atoms with Crippen molar-refractivity contribution in [2.24, 2.45) is 10.4 Å². The molecule has 1 unspecified atom stereocenters. The van der Waals surface area contributed by atoms with Crippen LogP contribution in [0, 0.1) is 5.41 Å². The van der Waals surface area contributed by atoms with Crippen LogP contribution < -0.4 is 10.6 Å². The van der Waals surface area contributed by atoms with Crippen LogP contribution in [-0.4, -0.2) is 63.8 Å². The highest BCUT2D eigenvalue weighted by Gasteiger charge is 2.36. The molecule has 0 bridgehead atoms. The maximum atomic E-state index is 5.27. The fraction of sp³-hybridized carbons (Fsp3) is 0.944. The zero-order valence-electron chi connectivity index (χ0n) is 15.8. The number of aliphatic imine (C=N–C) groups is 1. The lowest BCUT2D eigenvalue weighted by Gasteiger charge is -2.42. The molecule has 1 aliphatic carbocycles. The van der Waals surface area contributed by atoms with E-state index in [1.165, 1.54) is 45.1 Å². The molecular formula is C18H37IN4O. The van der Waals surface area contributed by atoms with Crippen molar-refractivity contribution in [3.05, 3.63) is 0 Å². The molecule has 0 aromatic heterocycles. The van der Waals surface area contributed by atoms with Crippen molar-refractivity contribution in [3.63, 3.8) is 0 Å². The van der Waals surface area contributed by atoms with E-state index in [0.29, 0.717) is 5.41 Å². The van der Waals surface area contributed by atoms with E-state index < -0.39 is 0 Å². The zero-order valence-corrected chi connectivity index (χ0v) is 18.1. The molecule has 2 rings (SSSR count). The third-order valence-electron chi connectivity index (χ3n) is 5.74. The van der Waals surface area contributed by atoms with Crippen LogP contribution in [0.5, 0.6) is 0 Å². The predicted molar refractivity (Wildman–Crippen MR) is 112 cm³/mol.